The molecule has 5 heteroatoms. The van der Waals surface area contributed by atoms with E-state index in [-0.39, 0.29) is 11.4 Å². The molecule has 2 rings (SSSR count). The van der Waals surface area contributed by atoms with Crippen molar-refractivity contribution in [2.24, 2.45) is 0 Å². The molecule has 0 aliphatic carbocycles. The van der Waals surface area contributed by atoms with Crippen LogP contribution in [0.25, 0.3) is 0 Å². The van der Waals surface area contributed by atoms with E-state index in [2.05, 4.69) is 37.2 Å². The molecule has 1 aromatic carbocycles. The summed E-state index contributed by atoms with van der Waals surface area (Å²) in [5.74, 6) is -0.228. The number of benzene rings is 1. The Balaban J connectivity index is 2.38. The van der Waals surface area contributed by atoms with E-state index in [1.807, 2.05) is 12.1 Å². The second-order valence-corrected chi connectivity index (χ2v) is 6.17. The van der Waals surface area contributed by atoms with Gasteiger partial charge in [0.25, 0.3) is 0 Å². The first-order valence-corrected chi connectivity index (χ1v) is 7.58. The number of nitriles is 1. The number of piperidine rings is 1. The normalized spacial score (nSPS) is 17.3. The molecule has 0 bridgehead atoms. The molecule has 98 valence electrons. The molecule has 0 atom stereocenters. The van der Waals surface area contributed by atoms with Gasteiger partial charge >= 0.3 is 0 Å². The van der Waals surface area contributed by atoms with E-state index >= 15 is 0 Å². The van der Waals surface area contributed by atoms with Crippen molar-refractivity contribution in [3.63, 3.8) is 0 Å². The third-order valence-electron chi connectivity index (χ3n) is 2.96. The zero-order valence-corrected chi connectivity index (χ0v) is 13.3. The van der Waals surface area contributed by atoms with Crippen LogP contribution < -0.4 is 5.32 Å². The predicted octanol–water partition coefficient (Wildman–Crippen LogP) is 3.95. The lowest BCUT2D eigenvalue weighted by Gasteiger charge is -2.18. The molecule has 0 saturated carbocycles. The van der Waals surface area contributed by atoms with Crippen LogP contribution in [-0.4, -0.2) is 12.3 Å². The highest BCUT2D eigenvalue weighted by Crippen LogP contribution is 2.24. The fourth-order valence-corrected chi connectivity index (χ4v) is 3.35. The highest BCUT2D eigenvalue weighted by atomic mass is 79.9. The molecular formula is C14H12Br2N2O. The molecule has 3 nitrogen and oxygen atoms in total. The van der Waals surface area contributed by atoms with Gasteiger partial charge in [-0.05, 0) is 37.5 Å². The van der Waals surface area contributed by atoms with E-state index in [4.69, 9.17) is 0 Å². The first-order chi connectivity index (χ1) is 9.11. The third-order valence-corrected chi connectivity index (χ3v) is 3.87. The number of hydrogen-bond donors (Lipinski definition) is 1. The van der Waals surface area contributed by atoms with Gasteiger partial charge in [-0.3, -0.25) is 4.79 Å². The molecule has 0 radical (unpaired) electrons. The van der Waals surface area contributed by atoms with Crippen molar-refractivity contribution in [2.45, 2.75) is 19.3 Å². The number of carbonyl (C=O) groups excluding carboxylic acids is 1. The second-order valence-electron chi connectivity index (χ2n) is 4.34. The average Bonchev–Trinajstić information content (AvgIpc) is 2.39. The van der Waals surface area contributed by atoms with E-state index in [0.29, 0.717) is 5.56 Å². The summed E-state index contributed by atoms with van der Waals surface area (Å²) < 4.78 is 1.62. The van der Waals surface area contributed by atoms with Crippen LogP contribution in [0.2, 0.25) is 0 Å². The van der Waals surface area contributed by atoms with Crippen molar-refractivity contribution in [2.75, 3.05) is 6.54 Å². The van der Waals surface area contributed by atoms with Crippen LogP contribution in [0.4, 0.5) is 0 Å². The second kappa shape index (κ2) is 6.36. The summed E-state index contributed by atoms with van der Waals surface area (Å²) in [4.78, 5) is 12.4. The van der Waals surface area contributed by atoms with Crippen LogP contribution in [0.3, 0.4) is 0 Å². The summed E-state index contributed by atoms with van der Waals surface area (Å²) in [5, 5.41) is 12.4. The molecule has 1 N–H and O–H groups in total. The van der Waals surface area contributed by atoms with Gasteiger partial charge in [-0.25, -0.2) is 0 Å². The van der Waals surface area contributed by atoms with Crippen LogP contribution in [0.15, 0.2) is 38.4 Å². The third kappa shape index (κ3) is 3.46. The molecule has 0 amide bonds. The quantitative estimate of drug-likeness (QED) is 0.478. The van der Waals surface area contributed by atoms with E-state index in [9.17, 15) is 10.1 Å². The molecule has 1 aliphatic rings. The van der Waals surface area contributed by atoms with Gasteiger partial charge in [-0.2, -0.15) is 5.26 Å². The van der Waals surface area contributed by atoms with Crippen LogP contribution in [0.5, 0.6) is 0 Å². The number of nitrogens with one attached hydrogen (secondary N) is 1. The van der Waals surface area contributed by atoms with Crippen molar-refractivity contribution in [1.82, 2.24) is 5.32 Å². The maximum atomic E-state index is 12.4. The molecule has 1 fully saturated rings. The Labute approximate surface area is 128 Å². The first kappa shape index (κ1) is 14.3. The summed E-state index contributed by atoms with van der Waals surface area (Å²) >= 11 is 6.70. The van der Waals surface area contributed by atoms with Gasteiger partial charge in [0.05, 0.1) is 0 Å². The van der Waals surface area contributed by atoms with Gasteiger partial charge in [-0.15, -0.1) is 0 Å². The van der Waals surface area contributed by atoms with Gasteiger partial charge < -0.3 is 5.32 Å². The molecule has 1 heterocycles. The number of nitrogens with zero attached hydrogens (tertiary/aromatic N) is 1. The predicted molar refractivity (Wildman–Crippen MR) is 80.7 cm³/mol. The fraction of sp³-hybridized carbons (Fsp3) is 0.286. The van der Waals surface area contributed by atoms with E-state index < -0.39 is 0 Å². The van der Waals surface area contributed by atoms with Crippen molar-refractivity contribution in [1.29, 1.82) is 5.26 Å². The zero-order chi connectivity index (χ0) is 13.8. The minimum atomic E-state index is -0.228. The fourth-order valence-electron chi connectivity index (χ4n) is 2.05. The number of carbonyl (C=O) groups is 1. The van der Waals surface area contributed by atoms with Gasteiger partial charge in [0.1, 0.15) is 11.6 Å². The van der Waals surface area contributed by atoms with E-state index in [1.165, 1.54) is 0 Å². The average molecular weight is 384 g/mol. The van der Waals surface area contributed by atoms with Crippen molar-refractivity contribution in [3.05, 3.63) is 44.0 Å². The summed E-state index contributed by atoms with van der Waals surface area (Å²) in [5.41, 5.74) is 1.51. The highest BCUT2D eigenvalue weighted by molar-refractivity contribution is 9.11. The molecule has 0 aromatic heterocycles. The first-order valence-electron chi connectivity index (χ1n) is 5.99. The SMILES string of the molecule is N#C/C(C(=O)c1cc(Br)cc(Br)c1)=C1/CCCCN1. The maximum Gasteiger partial charge on any atom is 0.205 e. The number of halogens is 2. The molecule has 0 spiro atoms. The molecular weight excluding hydrogens is 372 g/mol. The largest absolute Gasteiger partial charge is 0.387 e. The lowest BCUT2D eigenvalue weighted by Crippen LogP contribution is -2.23. The lowest BCUT2D eigenvalue weighted by atomic mass is 9.98. The Kier molecular flexibility index (Phi) is 4.78. The smallest absolute Gasteiger partial charge is 0.205 e. The molecule has 1 aromatic rings. The van der Waals surface area contributed by atoms with Gasteiger partial charge in [0.2, 0.25) is 5.78 Å². The summed E-state index contributed by atoms with van der Waals surface area (Å²) in [6, 6.07) is 7.36. The number of Topliss-reactive ketones (excluding diaryl/α,β-unsaturated/α-hetero) is 1. The lowest BCUT2D eigenvalue weighted by molar-refractivity contribution is 0.103. The van der Waals surface area contributed by atoms with Crippen molar-refractivity contribution >= 4 is 37.6 Å². The topological polar surface area (TPSA) is 52.9 Å². The van der Waals surface area contributed by atoms with E-state index in [1.54, 1.807) is 12.1 Å². The Morgan fingerprint density at radius 1 is 1.21 bits per heavy atom. The number of hydrogen-bond acceptors (Lipinski definition) is 3. The van der Waals surface area contributed by atoms with Crippen molar-refractivity contribution in [3.8, 4) is 6.07 Å². The van der Waals surface area contributed by atoms with Crippen LogP contribution >= 0.6 is 31.9 Å². The van der Waals surface area contributed by atoms with Gasteiger partial charge in [0.15, 0.2) is 0 Å². The van der Waals surface area contributed by atoms with Gasteiger partial charge in [-0.1, -0.05) is 31.9 Å². The molecule has 0 unspecified atom stereocenters. The van der Waals surface area contributed by atoms with Crippen LogP contribution in [-0.2, 0) is 0 Å². The molecule has 1 aliphatic heterocycles. The summed E-state index contributed by atoms with van der Waals surface area (Å²) in [6.45, 7) is 0.829. The maximum absolute atomic E-state index is 12.4. The zero-order valence-electron chi connectivity index (χ0n) is 10.2. The number of ketones is 1. The Morgan fingerprint density at radius 2 is 1.89 bits per heavy atom. The molecule has 1 saturated heterocycles. The van der Waals surface area contributed by atoms with Crippen LogP contribution in [0.1, 0.15) is 29.6 Å². The minimum absolute atomic E-state index is 0.227. The number of allylic oxidation sites excluding steroid dienone is 2. The molecule has 19 heavy (non-hydrogen) atoms. The van der Waals surface area contributed by atoms with Crippen LogP contribution in [0, 0.1) is 11.3 Å². The van der Waals surface area contributed by atoms with E-state index in [0.717, 1.165) is 40.4 Å². The Bertz CT molecular complexity index is 559. The van der Waals surface area contributed by atoms with Crippen molar-refractivity contribution < 1.29 is 4.79 Å². The Hall–Kier alpha value is -1.12. The van der Waals surface area contributed by atoms with Gasteiger partial charge in [0, 0.05) is 26.8 Å². The number of rotatable bonds is 2. The summed E-state index contributed by atoms with van der Waals surface area (Å²) in [6.07, 6.45) is 2.87. The highest BCUT2D eigenvalue weighted by Gasteiger charge is 2.19. The standard InChI is InChI=1S/C14H12Br2N2O/c15-10-5-9(6-11(16)7-10)14(19)12(8-17)13-3-1-2-4-18-13/h5-7,18H,1-4H2/b13-12+. The Morgan fingerprint density at radius 3 is 2.42 bits per heavy atom. The monoisotopic (exact) mass is 382 g/mol. The minimum Gasteiger partial charge on any atom is -0.387 e. The summed E-state index contributed by atoms with van der Waals surface area (Å²) in [7, 11) is 0.